The van der Waals surface area contributed by atoms with Crippen LogP contribution in [0.1, 0.15) is 35.2 Å². The molecule has 4 atom stereocenters. The minimum Gasteiger partial charge on any atom is -0.451 e. The van der Waals surface area contributed by atoms with Crippen molar-refractivity contribution in [1.29, 1.82) is 0 Å². The Morgan fingerprint density at radius 2 is 2.00 bits per heavy atom. The molecule has 2 unspecified atom stereocenters. The van der Waals surface area contributed by atoms with Crippen molar-refractivity contribution in [3.63, 3.8) is 0 Å². The molecular weight excluding hydrogens is 400 g/mol. The first-order chi connectivity index (χ1) is 15.7. The standard InChI is InChI=1S/C26H26N4O2/c1-16-6-8-17-12-24(32-23(17)9-7-16)25(31)27-11-10-19-20-14-30(15-21(19)20)26-28-13-18-4-2-3-5-22(18)29-26/h2-9,12-13,16,19-21H,10-11,14-15H2,1H3,(H,27,31)/t16?,19?,20-,21+. The molecule has 2 aliphatic carbocycles. The lowest BCUT2D eigenvalue weighted by Crippen LogP contribution is -2.28. The Balaban J connectivity index is 1.00. The van der Waals surface area contributed by atoms with Gasteiger partial charge in [-0.05, 0) is 48.3 Å². The van der Waals surface area contributed by atoms with Crippen molar-refractivity contribution in [3.8, 4) is 0 Å². The van der Waals surface area contributed by atoms with Crippen LogP contribution in [0.25, 0.3) is 23.1 Å². The van der Waals surface area contributed by atoms with Crippen LogP contribution in [-0.4, -0.2) is 35.5 Å². The molecule has 162 valence electrons. The Hall–Kier alpha value is -3.41. The SMILES string of the molecule is CC1C=Cc2cc(C(=O)NCCC3[C@H]4CN(c5ncc6ccccc6n5)C[C@@H]34)oc2C=C1. The number of para-hydroxylation sites is 1. The summed E-state index contributed by atoms with van der Waals surface area (Å²) in [4.78, 5) is 24.1. The Labute approximate surface area is 187 Å². The predicted molar refractivity (Wildman–Crippen MR) is 125 cm³/mol. The molecule has 3 heterocycles. The van der Waals surface area contributed by atoms with Crippen LogP contribution in [0.2, 0.25) is 0 Å². The maximum atomic E-state index is 12.5. The number of rotatable bonds is 5. The van der Waals surface area contributed by atoms with Gasteiger partial charge in [0.25, 0.3) is 5.91 Å². The van der Waals surface area contributed by atoms with Gasteiger partial charge in [0.2, 0.25) is 5.95 Å². The number of nitrogens with zero attached hydrogens (tertiary/aromatic N) is 3. The molecule has 0 spiro atoms. The van der Waals surface area contributed by atoms with E-state index in [4.69, 9.17) is 9.40 Å². The van der Waals surface area contributed by atoms with Crippen LogP contribution in [0, 0.1) is 23.7 Å². The van der Waals surface area contributed by atoms with Crippen LogP contribution in [0.5, 0.6) is 0 Å². The van der Waals surface area contributed by atoms with Crippen molar-refractivity contribution in [3.05, 3.63) is 65.8 Å². The number of benzene rings is 1. The number of amides is 1. The van der Waals surface area contributed by atoms with Gasteiger partial charge in [-0.3, -0.25) is 4.79 Å². The van der Waals surface area contributed by atoms with E-state index >= 15 is 0 Å². The molecule has 2 fully saturated rings. The number of furan rings is 1. The van der Waals surface area contributed by atoms with Crippen molar-refractivity contribution in [2.45, 2.75) is 13.3 Å². The van der Waals surface area contributed by atoms with E-state index in [2.05, 4.69) is 34.3 Å². The van der Waals surface area contributed by atoms with Crippen LogP contribution in [-0.2, 0) is 0 Å². The van der Waals surface area contributed by atoms with Gasteiger partial charge in [-0.1, -0.05) is 43.4 Å². The van der Waals surface area contributed by atoms with Crippen LogP contribution in [0.3, 0.4) is 0 Å². The predicted octanol–water partition coefficient (Wildman–Crippen LogP) is 4.40. The van der Waals surface area contributed by atoms with Crippen molar-refractivity contribution < 1.29 is 9.21 Å². The monoisotopic (exact) mass is 426 g/mol. The van der Waals surface area contributed by atoms with E-state index in [1.54, 1.807) is 0 Å². The van der Waals surface area contributed by atoms with Crippen LogP contribution < -0.4 is 10.2 Å². The third kappa shape index (κ3) is 3.49. The maximum Gasteiger partial charge on any atom is 0.287 e. The molecule has 1 aliphatic heterocycles. The summed E-state index contributed by atoms with van der Waals surface area (Å²) in [7, 11) is 0. The number of nitrogens with one attached hydrogen (secondary N) is 1. The van der Waals surface area contributed by atoms with E-state index in [0.717, 1.165) is 47.7 Å². The maximum absolute atomic E-state index is 12.5. The van der Waals surface area contributed by atoms with Crippen molar-refractivity contribution >= 4 is 34.9 Å². The van der Waals surface area contributed by atoms with Crippen LogP contribution >= 0.6 is 0 Å². The smallest absolute Gasteiger partial charge is 0.287 e. The van der Waals surface area contributed by atoms with Crippen molar-refractivity contribution in [1.82, 2.24) is 15.3 Å². The van der Waals surface area contributed by atoms with E-state index in [-0.39, 0.29) is 5.91 Å². The molecule has 3 aromatic rings. The summed E-state index contributed by atoms with van der Waals surface area (Å²) in [5, 5.41) is 4.11. The summed E-state index contributed by atoms with van der Waals surface area (Å²) in [6, 6.07) is 9.93. The summed E-state index contributed by atoms with van der Waals surface area (Å²) >= 11 is 0. The normalized spacial score (nSPS) is 25.5. The number of aromatic nitrogens is 2. The summed E-state index contributed by atoms with van der Waals surface area (Å²) in [6.45, 7) is 4.80. The number of carbonyl (C=O) groups excluding carboxylic acids is 1. The fourth-order valence-electron chi connectivity index (χ4n) is 5.15. The highest BCUT2D eigenvalue weighted by Gasteiger charge is 2.55. The average Bonchev–Trinajstić information content (AvgIpc) is 3.14. The van der Waals surface area contributed by atoms with Crippen LogP contribution in [0.15, 0.2) is 53.1 Å². The van der Waals surface area contributed by atoms with Gasteiger partial charge in [0.15, 0.2) is 5.76 Å². The first kappa shape index (κ1) is 19.3. The van der Waals surface area contributed by atoms with Gasteiger partial charge in [-0.25, -0.2) is 9.97 Å². The highest BCUT2D eigenvalue weighted by atomic mass is 16.3. The highest BCUT2D eigenvalue weighted by molar-refractivity contribution is 5.92. The Morgan fingerprint density at radius 1 is 1.19 bits per heavy atom. The van der Waals surface area contributed by atoms with Gasteiger partial charge >= 0.3 is 0 Å². The van der Waals surface area contributed by atoms with E-state index in [0.29, 0.717) is 36.0 Å². The summed E-state index contributed by atoms with van der Waals surface area (Å²) in [5.41, 5.74) is 1.96. The number of carbonyl (C=O) groups is 1. The van der Waals surface area contributed by atoms with Crippen molar-refractivity contribution in [2.75, 3.05) is 24.5 Å². The Bertz CT molecular complexity index is 1200. The van der Waals surface area contributed by atoms with E-state index in [1.807, 2.05) is 48.7 Å². The molecule has 1 N–H and O–H groups in total. The van der Waals surface area contributed by atoms with E-state index < -0.39 is 0 Å². The Kier molecular flexibility index (Phi) is 4.59. The minimum atomic E-state index is -0.134. The molecule has 3 aliphatic rings. The largest absolute Gasteiger partial charge is 0.451 e. The minimum absolute atomic E-state index is 0.134. The number of allylic oxidation sites excluding steroid dienone is 2. The summed E-state index contributed by atoms with van der Waals surface area (Å²) < 4.78 is 5.77. The fourth-order valence-corrected chi connectivity index (χ4v) is 5.15. The van der Waals surface area contributed by atoms with Gasteiger partial charge in [-0.2, -0.15) is 0 Å². The molecule has 6 nitrogen and oxygen atoms in total. The quantitative estimate of drug-likeness (QED) is 0.655. The molecule has 1 amide bonds. The second kappa shape index (κ2) is 7.62. The topological polar surface area (TPSA) is 71.3 Å². The average molecular weight is 427 g/mol. The second-order valence-electron chi connectivity index (χ2n) is 9.18. The molecule has 1 aromatic carbocycles. The van der Waals surface area contributed by atoms with Gasteiger partial charge in [0.05, 0.1) is 5.52 Å². The molecular formula is C26H26N4O2. The van der Waals surface area contributed by atoms with E-state index in [9.17, 15) is 4.79 Å². The number of fused-ring (bicyclic) bond motifs is 3. The molecule has 6 heteroatoms. The zero-order valence-electron chi connectivity index (χ0n) is 18.1. The first-order valence-electron chi connectivity index (χ1n) is 11.4. The van der Waals surface area contributed by atoms with Gasteiger partial charge in [0, 0.05) is 36.8 Å². The molecule has 0 bridgehead atoms. The molecule has 6 rings (SSSR count). The van der Waals surface area contributed by atoms with E-state index in [1.165, 1.54) is 0 Å². The Morgan fingerprint density at radius 3 is 2.88 bits per heavy atom. The molecule has 1 saturated carbocycles. The number of hydrogen-bond donors (Lipinski definition) is 1. The molecule has 1 saturated heterocycles. The summed E-state index contributed by atoms with van der Waals surface area (Å²) in [5.74, 6) is 4.24. The van der Waals surface area contributed by atoms with Gasteiger partial charge < -0.3 is 14.6 Å². The fraction of sp³-hybridized carbons (Fsp3) is 0.346. The molecule has 0 radical (unpaired) electrons. The number of hydrogen-bond acceptors (Lipinski definition) is 5. The van der Waals surface area contributed by atoms with Gasteiger partial charge in [-0.15, -0.1) is 0 Å². The number of piperidine rings is 1. The third-order valence-electron chi connectivity index (χ3n) is 7.04. The third-order valence-corrected chi connectivity index (χ3v) is 7.04. The first-order valence-corrected chi connectivity index (χ1v) is 11.4. The summed E-state index contributed by atoms with van der Waals surface area (Å²) in [6.07, 6.45) is 11.1. The zero-order chi connectivity index (χ0) is 21.7. The lowest BCUT2D eigenvalue weighted by Gasteiger charge is -2.20. The zero-order valence-corrected chi connectivity index (χ0v) is 18.1. The van der Waals surface area contributed by atoms with Crippen LogP contribution in [0.4, 0.5) is 5.95 Å². The molecule has 2 aromatic heterocycles. The second-order valence-corrected chi connectivity index (χ2v) is 9.18. The van der Waals surface area contributed by atoms with Gasteiger partial charge in [0.1, 0.15) is 5.76 Å². The molecule has 32 heavy (non-hydrogen) atoms. The number of anilines is 1. The van der Waals surface area contributed by atoms with Crippen molar-refractivity contribution in [2.24, 2.45) is 23.7 Å². The lowest BCUT2D eigenvalue weighted by molar-refractivity contribution is 0.0924. The lowest BCUT2D eigenvalue weighted by atomic mass is 10.1. The highest BCUT2D eigenvalue weighted by Crippen LogP contribution is 2.53.